The Balaban J connectivity index is 2.35. The molecule has 0 aromatic rings. The Labute approximate surface area is 55.5 Å². The molecule has 0 radical (unpaired) electrons. The summed E-state index contributed by atoms with van der Waals surface area (Å²) < 4.78 is 0. The Morgan fingerprint density at radius 2 is 1.78 bits per heavy atom. The molecular formula is C7H14O2. The monoisotopic (exact) mass is 130 g/mol. The van der Waals surface area contributed by atoms with Crippen LogP contribution in [0.1, 0.15) is 26.2 Å². The minimum Gasteiger partial charge on any atom is -0.390 e. The summed E-state index contributed by atoms with van der Waals surface area (Å²) in [5, 5.41) is 18.1. The lowest BCUT2D eigenvalue weighted by molar-refractivity contribution is -0.0226. The van der Waals surface area contributed by atoms with Gasteiger partial charge in [0, 0.05) is 0 Å². The van der Waals surface area contributed by atoms with E-state index >= 15 is 0 Å². The average molecular weight is 130 g/mol. The molecule has 0 aliphatic heterocycles. The lowest BCUT2D eigenvalue weighted by Crippen LogP contribution is -2.32. The predicted molar refractivity (Wildman–Crippen MR) is 35.0 cm³/mol. The summed E-state index contributed by atoms with van der Waals surface area (Å²) >= 11 is 0. The molecule has 0 spiro atoms. The molecule has 0 bridgehead atoms. The molecule has 2 heteroatoms. The van der Waals surface area contributed by atoms with Gasteiger partial charge in [-0.05, 0) is 25.2 Å². The minimum absolute atomic E-state index is 0.457. The molecule has 0 unspecified atom stereocenters. The third-order valence-corrected chi connectivity index (χ3v) is 2.04. The van der Waals surface area contributed by atoms with Gasteiger partial charge < -0.3 is 10.2 Å². The molecule has 1 aliphatic carbocycles. The van der Waals surface area contributed by atoms with Crippen molar-refractivity contribution in [1.29, 1.82) is 0 Å². The van der Waals surface area contributed by atoms with Gasteiger partial charge in [-0.1, -0.05) is 6.92 Å². The minimum atomic E-state index is -0.464. The molecule has 0 saturated heterocycles. The van der Waals surface area contributed by atoms with Gasteiger partial charge >= 0.3 is 0 Å². The first-order valence-electron chi connectivity index (χ1n) is 3.56. The molecule has 0 aromatic heterocycles. The Kier molecular flexibility index (Phi) is 2.09. The van der Waals surface area contributed by atoms with Gasteiger partial charge in [0.1, 0.15) is 0 Å². The second kappa shape index (κ2) is 2.67. The number of aliphatic hydroxyl groups is 2. The van der Waals surface area contributed by atoms with E-state index in [1.165, 1.54) is 0 Å². The molecular weight excluding hydrogens is 116 g/mol. The van der Waals surface area contributed by atoms with Gasteiger partial charge in [-0.25, -0.2) is 0 Å². The van der Waals surface area contributed by atoms with E-state index in [1.54, 1.807) is 0 Å². The van der Waals surface area contributed by atoms with Crippen molar-refractivity contribution in [2.75, 3.05) is 0 Å². The first-order chi connectivity index (χ1) is 4.20. The van der Waals surface area contributed by atoms with Crippen LogP contribution in [0.25, 0.3) is 0 Å². The SMILES string of the molecule is C[C@@H]1CC[C@@H](O)[C@H](O)C1. The summed E-state index contributed by atoms with van der Waals surface area (Å²) in [5.41, 5.74) is 0. The third kappa shape index (κ3) is 1.66. The maximum atomic E-state index is 9.10. The fourth-order valence-corrected chi connectivity index (χ4v) is 1.33. The highest BCUT2D eigenvalue weighted by atomic mass is 16.3. The van der Waals surface area contributed by atoms with Crippen LogP contribution in [0.2, 0.25) is 0 Å². The molecule has 3 atom stereocenters. The van der Waals surface area contributed by atoms with E-state index in [0.29, 0.717) is 5.92 Å². The summed E-state index contributed by atoms with van der Waals surface area (Å²) in [6.45, 7) is 2.11. The van der Waals surface area contributed by atoms with Crippen molar-refractivity contribution in [3.63, 3.8) is 0 Å². The number of hydrogen-bond acceptors (Lipinski definition) is 2. The van der Waals surface area contributed by atoms with Crippen LogP contribution in [-0.2, 0) is 0 Å². The van der Waals surface area contributed by atoms with E-state index in [0.717, 1.165) is 19.3 Å². The van der Waals surface area contributed by atoms with Crippen LogP contribution < -0.4 is 0 Å². The average Bonchev–Trinajstić information content (AvgIpc) is 1.80. The van der Waals surface area contributed by atoms with E-state index in [1.807, 2.05) is 0 Å². The smallest absolute Gasteiger partial charge is 0.0801 e. The topological polar surface area (TPSA) is 40.5 Å². The van der Waals surface area contributed by atoms with Crippen molar-refractivity contribution in [1.82, 2.24) is 0 Å². The molecule has 54 valence electrons. The van der Waals surface area contributed by atoms with Crippen LogP contribution in [0.5, 0.6) is 0 Å². The van der Waals surface area contributed by atoms with Crippen molar-refractivity contribution in [2.24, 2.45) is 5.92 Å². The van der Waals surface area contributed by atoms with Crippen molar-refractivity contribution >= 4 is 0 Å². The number of rotatable bonds is 0. The normalized spacial score (nSPS) is 45.0. The highest BCUT2D eigenvalue weighted by Crippen LogP contribution is 2.23. The Bertz CT molecular complexity index is 92.9. The molecule has 0 aromatic carbocycles. The van der Waals surface area contributed by atoms with E-state index in [-0.39, 0.29) is 0 Å². The van der Waals surface area contributed by atoms with Crippen LogP contribution in [0.15, 0.2) is 0 Å². The summed E-state index contributed by atoms with van der Waals surface area (Å²) in [6, 6.07) is 0. The van der Waals surface area contributed by atoms with E-state index in [9.17, 15) is 0 Å². The molecule has 1 aliphatic rings. The molecule has 1 fully saturated rings. The first-order valence-corrected chi connectivity index (χ1v) is 3.56. The Hall–Kier alpha value is -0.0800. The molecule has 2 N–H and O–H groups in total. The molecule has 2 nitrogen and oxygen atoms in total. The molecule has 0 heterocycles. The maximum Gasteiger partial charge on any atom is 0.0801 e. The largest absolute Gasteiger partial charge is 0.390 e. The van der Waals surface area contributed by atoms with E-state index in [4.69, 9.17) is 10.2 Å². The van der Waals surface area contributed by atoms with Gasteiger partial charge in [-0.15, -0.1) is 0 Å². The van der Waals surface area contributed by atoms with Crippen molar-refractivity contribution < 1.29 is 10.2 Å². The van der Waals surface area contributed by atoms with Gasteiger partial charge in [-0.2, -0.15) is 0 Å². The Morgan fingerprint density at radius 3 is 2.22 bits per heavy atom. The van der Waals surface area contributed by atoms with Gasteiger partial charge in [0.05, 0.1) is 12.2 Å². The maximum absolute atomic E-state index is 9.10. The second-order valence-electron chi connectivity index (χ2n) is 3.05. The predicted octanol–water partition coefficient (Wildman–Crippen LogP) is 0.528. The van der Waals surface area contributed by atoms with Crippen molar-refractivity contribution in [2.45, 2.75) is 38.4 Å². The van der Waals surface area contributed by atoms with Crippen molar-refractivity contribution in [3.8, 4) is 0 Å². The molecule has 0 amide bonds. The van der Waals surface area contributed by atoms with Crippen LogP contribution in [0.3, 0.4) is 0 Å². The van der Waals surface area contributed by atoms with Crippen molar-refractivity contribution in [3.05, 3.63) is 0 Å². The molecule has 1 rings (SSSR count). The lowest BCUT2D eigenvalue weighted by atomic mass is 9.87. The summed E-state index contributed by atoms with van der Waals surface area (Å²) in [7, 11) is 0. The summed E-state index contributed by atoms with van der Waals surface area (Å²) in [4.78, 5) is 0. The Morgan fingerprint density at radius 1 is 1.11 bits per heavy atom. The summed E-state index contributed by atoms with van der Waals surface area (Å²) in [5.74, 6) is 0.586. The standard InChI is InChI=1S/C7H14O2/c1-5-2-3-6(8)7(9)4-5/h5-9H,2-4H2,1H3/t5-,6-,7-/m1/s1. The van der Waals surface area contributed by atoms with E-state index in [2.05, 4.69) is 6.92 Å². The summed E-state index contributed by atoms with van der Waals surface area (Å²) in [6.07, 6.45) is 1.66. The highest BCUT2D eigenvalue weighted by Gasteiger charge is 2.24. The lowest BCUT2D eigenvalue weighted by Gasteiger charge is -2.27. The second-order valence-corrected chi connectivity index (χ2v) is 3.05. The first kappa shape index (κ1) is 7.03. The highest BCUT2D eigenvalue weighted by molar-refractivity contribution is 4.76. The van der Waals surface area contributed by atoms with Crippen LogP contribution >= 0.6 is 0 Å². The number of aliphatic hydroxyl groups excluding tert-OH is 2. The fourth-order valence-electron chi connectivity index (χ4n) is 1.33. The van der Waals surface area contributed by atoms with Crippen LogP contribution in [0, 0.1) is 5.92 Å². The third-order valence-electron chi connectivity index (χ3n) is 2.04. The molecule has 9 heavy (non-hydrogen) atoms. The zero-order valence-corrected chi connectivity index (χ0v) is 5.75. The van der Waals surface area contributed by atoms with E-state index < -0.39 is 12.2 Å². The van der Waals surface area contributed by atoms with Gasteiger partial charge in [0.2, 0.25) is 0 Å². The van der Waals surface area contributed by atoms with Gasteiger partial charge in [0.25, 0.3) is 0 Å². The zero-order valence-electron chi connectivity index (χ0n) is 5.75. The van der Waals surface area contributed by atoms with Gasteiger partial charge in [-0.3, -0.25) is 0 Å². The molecule has 1 saturated carbocycles. The number of hydrogen-bond donors (Lipinski definition) is 2. The quantitative estimate of drug-likeness (QED) is 0.502. The zero-order chi connectivity index (χ0) is 6.85. The fraction of sp³-hybridized carbons (Fsp3) is 1.00. The van der Waals surface area contributed by atoms with Crippen LogP contribution in [-0.4, -0.2) is 22.4 Å². The van der Waals surface area contributed by atoms with Crippen LogP contribution in [0.4, 0.5) is 0 Å². The van der Waals surface area contributed by atoms with Gasteiger partial charge in [0.15, 0.2) is 0 Å².